The molecule has 0 saturated carbocycles. The van der Waals surface area contributed by atoms with Crippen molar-refractivity contribution < 1.29 is 44.0 Å². The minimum absolute atomic E-state index is 0. The summed E-state index contributed by atoms with van der Waals surface area (Å²) in [7, 11) is 1.54. The van der Waals surface area contributed by atoms with Crippen LogP contribution in [0.4, 0.5) is 0 Å². The molecule has 1 heterocycles. The molecule has 226 valence electrons. The molecule has 11 heteroatoms. The van der Waals surface area contributed by atoms with Crippen molar-refractivity contribution in [1.82, 2.24) is 0 Å². The zero-order chi connectivity index (χ0) is 27.2. The first-order chi connectivity index (χ1) is 17.7. The summed E-state index contributed by atoms with van der Waals surface area (Å²) in [5.74, 6) is -2.07. The number of rotatable bonds is 17. The molecule has 0 aliphatic heterocycles. The second-order valence-corrected chi connectivity index (χ2v) is 10.00. The van der Waals surface area contributed by atoms with Crippen molar-refractivity contribution in [2.24, 2.45) is 0 Å². The number of ketones is 1. The molecule has 3 N–H and O–H groups in total. The zero-order valence-corrected chi connectivity index (χ0v) is 25.1. The van der Waals surface area contributed by atoms with Gasteiger partial charge in [0.05, 0.1) is 24.5 Å². The van der Waals surface area contributed by atoms with Crippen molar-refractivity contribution in [3.05, 3.63) is 57.8 Å². The fourth-order valence-corrected chi connectivity index (χ4v) is 4.58. The highest BCUT2D eigenvalue weighted by atomic mass is 32.1. The number of thiophene rings is 1. The molecule has 0 aliphatic rings. The second kappa shape index (κ2) is 21.1. The van der Waals surface area contributed by atoms with E-state index in [1.54, 1.807) is 30.6 Å². The van der Waals surface area contributed by atoms with Gasteiger partial charge in [0, 0.05) is 18.4 Å². The summed E-state index contributed by atoms with van der Waals surface area (Å²) in [6, 6.07) is 10.4. The van der Waals surface area contributed by atoms with Crippen molar-refractivity contribution in [3.8, 4) is 0 Å². The van der Waals surface area contributed by atoms with Crippen molar-refractivity contribution in [3.63, 3.8) is 0 Å². The van der Waals surface area contributed by atoms with Gasteiger partial charge in [0.1, 0.15) is 18.0 Å². The fourth-order valence-electron chi connectivity index (χ4n) is 3.86. The number of hydrogen-bond donors (Lipinski definition) is 1. The van der Waals surface area contributed by atoms with Crippen LogP contribution >= 0.6 is 21.2 Å². The Morgan fingerprint density at radius 3 is 1.90 bits per heavy atom. The minimum atomic E-state index is -1.00. The van der Waals surface area contributed by atoms with Crippen molar-refractivity contribution in [2.75, 3.05) is 7.11 Å². The number of Topliss-reactive ketones (excluding diaryl/α,β-unsaturated/α-hetero) is 1. The molecule has 4 unspecified atom stereocenters. The predicted octanol–water partition coefficient (Wildman–Crippen LogP) is 4.89. The van der Waals surface area contributed by atoms with E-state index in [-0.39, 0.29) is 59.5 Å². The number of methoxy groups -OCH3 is 1. The summed E-state index contributed by atoms with van der Waals surface area (Å²) in [4.78, 5) is 49.3. The molecular weight excluding hydrogens is 555 g/mol. The van der Waals surface area contributed by atoms with Gasteiger partial charge in [-0.25, -0.2) is 4.79 Å². The molecule has 0 fully saturated rings. The Kier molecular flexibility index (Phi) is 20.9. The molecule has 0 aliphatic carbocycles. The predicted molar refractivity (Wildman–Crippen MR) is 161 cm³/mol. The van der Waals surface area contributed by atoms with Crippen LogP contribution < -0.4 is 0 Å². The van der Waals surface area contributed by atoms with Gasteiger partial charge in [0.15, 0.2) is 0 Å². The average Bonchev–Trinajstić information content (AvgIpc) is 3.38. The summed E-state index contributed by atoms with van der Waals surface area (Å²) in [5.41, 5.74) is 1.07. The maximum absolute atomic E-state index is 12.8. The van der Waals surface area contributed by atoms with Crippen LogP contribution in [-0.2, 0) is 41.4 Å². The zero-order valence-electron chi connectivity index (χ0n) is 22.9. The van der Waals surface area contributed by atoms with Crippen molar-refractivity contribution in [1.29, 1.82) is 0 Å². The number of aryl methyl sites for hydroxylation is 2. The van der Waals surface area contributed by atoms with Gasteiger partial charge in [-0.1, -0.05) is 32.5 Å². The van der Waals surface area contributed by atoms with Gasteiger partial charge in [-0.3, -0.25) is 14.4 Å². The number of aromatic carboxylic acids is 1. The molecule has 40 heavy (non-hydrogen) atoms. The molecule has 2 aromatic rings. The fraction of sp³-hybridized carbons (Fsp3) is 0.517. The number of hydrogen-bond acceptors (Lipinski definition) is 8. The van der Waals surface area contributed by atoms with Gasteiger partial charge in [0.25, 0.3) is 0 Å². The summed E-state index contributed by atoms with van der Waals surface area (Å²) in [6.45, 7) is 3.36. The number of benzene rings is 1. The summed E-state index contributed by atoms with van der Waals surface area (Å²) in [6.07, 6.45) is 1.25. The van der Waals surface area contributed by atoms with Crippen LogP contribution in [0.25, 0.3) is 0 Å². The third-order valence-electron chi connectivity index (χ3n) is 5.94. The lowest BCUT2D eigenvalue weighted by Gasteiger charge is -2.21. The monoisotopic (exact) mass is 600 g/mol. The van der Waals surface area contributed by atoms with Crippen molar-refractivity contribution in [2.45, 2.75) is 91.0 Å². The molecule has 9 nitrogen and oxygen atoms in total. The molecule has 4 atom stereocenters. The Hall–Kier alpha value is -2.65. The van der Waals surface area contributed by atoms with E-state index in [1.807, 2.05) is 24.4 Å². The molecular formula is C29H45O9PS. The Labute approximate surface area is 244 Å². The van der Waals surface area contributed by atoms with Gasteiger partial charge < -0.3 is 24.8 Å². The maximum Gasteiger partial charge on any atom is 0.335 e. The SMILES string of the molecule is C.CCC(CC(=O)OC(CCc1cccs1)CC(=O)OC(CCc1ccc(C(=O)O)cc1)CC(C)=O)OC.O.P. The number of carbonyl (C=O) groups excluding carboxylic acids is 3. The third-order valence-corrected chi connectivity index (χ3v) is 6.87. The second-order valence-electron chi connectivity index (χ2n) is 8.96. The van der Waals surface area contributed by atoms with E-state index in [0.717, 1.165) is 10.4 Å². The topological polar surface area (TPSA) is 148 Å². The van der Waals surface area contributed by atoms with Gasteiger partial charge >= 0.3 is 17.9 Å². The third kappa shape index (κ3) is 15.2. The van der Waals surface area contributed by atoms with E-state index in [2.05, 4.69) is 0 Å². The molecule has 0 spiro atoms. The number of carbonyl (C=O) groups is 4. The highest BCUT2D eigenvalue weighted by Gasteiger charge is 2.24. The lowest BCUT2D eigenvalue weighted by atomic mass is 10.0. The summed E-state index contributed by atoms with van der Waals surface area (Å²) < 4.78 is 16.6. The van der Waals surface area contributed by atoms with Crippen LogP contribution in [0.3, 0.4) is 0 Å². The van der Waals surface area contributed by atoms with E-state index in [4.69, 9.17) is 19.3 Å². The number of carboxylic acids is 1. The van der Waals surface area contributed by atoms with E-state index < -0.39 is 30.1 Å². The van der Waals surface area contributed by atoms with E-state index in [9.17, 15) is 19.2 Å². The Bertz CT molecular complexity index is 1010. The standard InChI is InChI=1S/C28H36O8S.CH4.H2O.H3P/c1-4-22(34-3)17-26(30)36-24(13-14-25-6-5-15-37-25)18-27(31)35-23(16-19(2)29)12-9-20-7-10-21(11-8-20)28(32)33;;;/h5-8,10-11,15,22-24H,4,9,12-14,16-18H2,1-3H3,(H,32,33);1H4;1H2;1H3. The molecule has 0 radical (unpaired) electrons. The Morgan fingerprint density at radius 1 is 0.875 bits per heavy atom. The molecule has 0 bridgehead atoms. The van der Waals surface area contributed by atoms with E-state index in [0.29, 0.717) is 32.1 Å². The molecule has 2 rings (SSSR count). The molecule has 1 aromatic heterocycles. The minimum Gasteiger partial charge on any atom is -0.478 e. The highest BCUT2D eigenvalue weighted by Crippen LogP contribution is 2.19. The van der Waals surface area contributed by atoms with Gasteiger partial charge in [-0.2, -0.15) is 9.90 Å². The van der Waals surface area contributed by atoms with Gasteiger partial charge in [0.2, 0.25) is 0 Å². The normalized spacial score (nSPS) is 12.4. The molecule has 1 aromatic carbocycles. The van der Waals surface area contributed by atoms with Crippen molar-refractivity contribution >= 4 is 44.9 Å². The summed E-state index contributed by atoms with van der Waals surface area (Å²) in [5, 5.41) is 11.0. The lowest BCUT2D eigenvalue weighted by Crippen LogP contribution is -2.28. The first-order valence-corrected chi connectivity index (χ1v) is 13.3. The smallest absolute Gasteiger partial charge is 0.335 e. The largest absolute Gasteiger partial charge is 0.478 e. The average molecular weight is 601 g/mol. The first-order valence-electron chi connectivity index (χ1n) is 12.5. The van der Waals surface area contributed by atoms with Crippen LogP contribution in [0.15, 0.2) is 41.8 Å². The Morgan fingerprint density at radius 2 is 1.43 bits per heavy atom. The quantitative estimate of drug-likeness (QED) is 0.199. The Balaban J connectivity index is 0. The molecule has 0 amide bonds. The molecule has 0 saturated heterocycles. The van der Waals surface area contributed by atoms with Crippen LogP contribution in [0.5, 0.6) is 0 Å². The maximum atomic E-state index is 12.8. The van der Waals surface area contributed by atoms with Crippen LogP contribution in [0.2, 0.25) is 0 Å². The first kappa shape index (κ1) is 39.5. The summed E-state index contributed by atoms with van der Waals surface area (Å²) >= 11 is 1.60. The van der Waals surface area contributed by atoms with Crippen LogP contribution in [0.1, 0.15) is 80.6 Å². The lowest BCUT2D eigenvalue weighted by molar-refractivity contribution is -0.159. The van der Waals surface area contributed by atoms with E-state index in [1.165, 1.54) is 19.1 Å². The number of ether oxygens (including phenoxy) is 3. The van der Waals surface area contributed by atoms with Crippen LogP contribution in [0, 0.1) is 0 Å². The van der Waals surface area contributed by atoms with Crippen LogP contribution in [-0.4, -0.2) is 59.7 Å². The number of carboxylic acid groups (broad SMARTS) is 1. The van der Waals surface area contributed by atoms with E-state index >= 15 is 0 Å². The van der Waals surface area contributed by atoms with Gasteiger partial charge in [-0.15, -0.1) is 11.3 Å². The highest BCUT2D eigenvalue weighted by molar-refractivity contribution is 7.09. The van der Waals surface area contributed by atoms with Gasteiger partial charge in [-0.05, 0) is 68.2 Å². The number of esters is 2.